The molecule has 1 aromatic heterocycles. The topological polar surface area (TPSA) is 39.1 Å². The van der Waals surface area contributed by atoms with Crippen molar-refractivity contribution in [1.82, 2.24) is 15.1 Å². The molecule has 19 heavy (non-hydrogen) atoms. The first-order valence-corrected chi connectivity index (χ1v) is 7.33. The highest BCUT2D eigenvalue weighted by atomic mass is 35.5. The Hall–Kier alpha value is -0.580. The minimum absolute atomic E-state index is 0.00912. The number of hydrogen-bond acceptors (Lipinski definition) is 3. The molecule has 0 aliphatic rings. The summed E-state index contributed by atoms with van der Waals surface area (Å²) in [4.78, 5) is 0. The molecule has 1 atom stereocenters. The fourth-order valence-corrected chi connectivity index (χ4v) is 2.60. The molecule has 0 fully saturated rings. The summed E-state index contributed by atoms with van der Waals surface area (Å²) in [5, 5.41) is 8.54. The van der Waals surface area contributed by atoms with Crippen molar-refractivity contribution in [3.8, 4) is 0 Å². The van der Waals surface area contributed by atoms with E-state index in [1.54, 1.807) is 6.20 Å². The molecule has 0 aromatic carbocycles. The summed E-state index contributed by atoms with van der Waals surface area (Å²) in [5.41, 5.74) is 0.651. The average molecular weight is 288 g/mol. The van der Waals surface area contributed by atoms with Gasteiger partial charge in [-0.1, -0.05) is 18.5 Å². The lowest BCUT2D eigenvalue weighted by atomic mass is 9.95. The van der Waals surface area contributed by atoms with Crippen molar-refractivity contribution in [1.29, 1.82) is 0 Å². The Bertz CT molecular complexity index is 401. The van der Waals surface area contributed by atoms with Crippen LogP contribution in [0, 0.1) is 0 Å². The number of nitrogens with one attached hydrogen (secondary N) is 1. The maximum atomic E-state index is 6.35. The molecular weight excluding hydrogens is 262 g/mol. The fraction of sp³-hybridized carbons (Fsp3) is 0.786. The van der Waals surface area contributed by atoms with E-state index < -0.39 is 0 Å². The lowest BCUT2D eigenvalue weighted by molar-refractivity contribution is -0.0410. The first-order valence-electron chi connectivity index (χ1n) is 6.95. The summed E-state index contributed by atoms with van der Waals surface area (Å²) >= 11 is 6.35. The molecule has 1 aromatic rings. The summed E-state index contributed by atoms with van der Waals surface area (Å²) in [6, 6.07) is 0.274. The van der Waals surface area contributed by atoms with Crippen molar-refractivity contribution >= 4 is 11.6 Å². The maximum absolute atomic E-state index is 6.35. The molecule has 1 heterocycles. The summed E-state index contributed by atoms with van der Waals surface area (Å²) in [6.07, 6.45) is 1.71. The van der Waals surface area contributed by atoms with Crippen LogP contribution in [0.3, 0.4) is 0 Å². The molecule has 110 valence electrons. The third-order valence-electron chi connectivity index (χ3n) is 3.17. The molecule has 1 N–H and O–H groups in total. The predicted octanol–water partition coefficient (Wildman–Crippen LogP) is 3.58. The number of ether oxygens (including phenoxy) is 1. The van der Waals surface area contributed by atoms with Gasteiger partial charge in [-0.05, 0) is 41.2 Å². The minimum Gasteiger partial charge on any atom is -0.374 e. The second kappa shape index (κ2) is 6.73. The van der Waals surface area contributed by atoms with Gasteiger partial charge in [0.05, 0.1) is 28.6 Å². The number of halogens is 1. The van der Waals surface area contributed by atoms with E-state index in [0.717, 1.165) is 12.2 Å². The monoisotopic (exact) mass is 287 g/mol. The molecule has 0 saturated carbocycles. The van der Waals surface area contributed by atoms with Crippen LogP contribution in [-0.4, -0.2) is 28.5 Å². The van der Waals surface area contributed by atoms with Gasteiger partial charge >= 0.3 is 0 Å². The Morgan fingerprint density at radius 1 is 1.42 bits per heavy atom. The maximum Gasteiger partial charge on any atom is 0.0836 e. The quantitative estimate of drug-likeness (QED) is 0.833. The molecule has 0 saturated heterocycles. The number of hydrogen-bond donors (Lipinski definition) is 1. The molecule has 1 rings (SSSR count). The van der Waals surface area contributed by atoms with Gasteiger partial charge in [-0.25, -0.2) is 0 Å². The Labute approximate surface area is 121 Å². The molecule has 0 spiro atoms. The zero-order valence-corrected chi connectivity index (χ0v) is 13.6. The zero-order chi connectivity index (χ0) is 14.6. The normalized spacial score (nSPS) is 14.1. The Kier molecular flexibility index (Phi) is 5.83. The second-order valence-electron chi connectivity index (χ2n) is 5.44. The molecule has 0 bridgehead atoms. The highest BCUT2D eigenvalue weighted by Gasteiger charge is 2.35. The lowest BCUT2D eigenvalue weighted by Crippen LogP contribution is -2.43. The smallest absolute Gasteiger partial charge is 0.0836 e. The second-order valence-corrected chi connectivity index (χ2v) is 5.85. The van der Waals surface area contributed by atoms with E-state index in [0.29, 0.717) is 11.6 Å². The van der Waals surface area contributed by atoms with Gasteiger partial charge in [-0.3, -0.25) is 4.68 Å². The van der Waals surface area contributed by atoms with Crippen LogP contribution in [0.1, 0.15) is 59.3 Å². The number of nitrogens with zero attached hydrogens (tertiary/aromatic N) is 2. The van der Waals surface area contributed by atoms with Crippen LogP contribution >= 0.6 is 11.6 Å². The third kappa shape index (κ3) is 3.71. The van der Waals surface area contributed by atoms with Crippen LogP contribution in [0.5, 0.6) is 0 Å². The van der Waals surface area contributed by atoms with Crippen molar-refractivity contribution in [2.24, 2.45) is 0 Å². The number of aromatic nitrogens is 2. The van der Waals surface area contributed by atoms with Crippen LogP contribution in [0.2, 0.25) is 5.02 Å². The van der Waals surface area contributed by atoms with E-state index in [9.17, 15) is 0 Å². The van der Waals surface area contributed by atoms with Gasteiger partial charge < -0.3 is 10.1 Å². The molecule has 0 radical (unpaired) electrons. The Balaban J connectivity index is 3.22. The van der Waals surface area contributed by atoms with E-state index in [2.05, 4.69) is 45.0 Å². The van der Waals surface area contributed by atoms with Crippen LogP contribution in [-0.2, 0) is 4.74 Å². The van der Waals surface area contributed by atoms with Crippen molar-refractivity contribution in [3.63, 3.8) is 0 Å². The number of rotatable bonds is 7. The molecule has 4 nitrogen and oxygen atoms in total. The summed E-state index contributed by atoms with van der Waals surface area (Å²) < 4.78 is 7.86. The largest absolute Gasteiger partial charge is 0.374 e. The third-order valence-corrected chi connectivity index (χ3v) is 3.46. The Morgan fingerprint density at radius 2 is 2.05 bits per heavy atom. The van der Waals surface area contributed by atoms with E-state index in [1.165, 1.54) is 0 Å². The standard InChI is InChI=1S/C14H26ClN3O/c1-7-16-13(14(5,6)19-8-2)12-11(15)9-17-18(12)10(3)4/h9-10,13,16H,7-8H2,1-6H3. The minimum atomic E-state index is -0.346. The lowest BCUT2D eigenvalue weighted by Gasteiger charge is -2.35. The van der Waals surface area contributed by atoms with Gasteiger partial charge in [0.1, 0.15) is 0 Å². The molecule has 5 heteroatoms. The summed E-state index contributed by atoms with van der Waals surface area (Å²) in [7, 11) is 0. The Morgan fingerprint density at radius 3 is 2.53 bits per heavy atom. The molecule has 0 aliphatic carbocycles. The molecule has 0 amide bonds. The summed E-state index contributed by atoms with van der Waals surface area (Å²) in [6.45, 7) is 14.0. The highest BCUT2D eigenvalue weighted by Crippen LogP contribution is 2.34. The first-order chi connectivity index (χ1) is 8.85. The van der Waals surface area contributed by atoms with E-state index in [1.807, 2.05) is 11.6 Å². The van der Waals surface area contributed by atoms with E-state index in [-0.39, 0.29) is 17.7 Å². The first kappa shape index (κ1) is 16.5. The molecule has 1 unspecified atom stereocenters. The van der Waals surface area contributed by atoms with E-state index >= 15 is 0 Å². The van der Waals surface area contributed by atoms with Crippen LogP contribution in [0.25, 0.3) is 0 Å². The van der Waals surface area contributed by atoms with E-state index in [4.69, 9.17) is 16.3 Å². The van der Waals surface area contributed by atoms with Gasteiger partial charge in [0.25, 0.3) is 0 Å². The summed E-state index contributed by atoms with van der Waals surface area (Å²) in [5.74, 6) is 0. The highest BCUT2D eigenvalue weighted by molar-refractivity contribution is 6.31. The number of likely N-dealkylation sites (N-methyl/N-ethyl adjacent to an activating group) is 1. The van der Waals surface area contributed by atoms with Gasteiger partial charge in [-0.2, -0.15) is 5.10 Å². The van der Waals surface area contributed by atoms with Crippen LogP contribution < -0.4 is 5.32 Å². The fourth-order valence-electron chi connectivity index (χ4n) is 2.36. The van der Waals surface area contributed by atoms with Crippen molar-refractivity contribution < 1.29 is 4.74 Å². The molecular formula is C14H26ClN3O. The van der Waals surface area contributed by atoms with Crippen LogP contribution in [0.4, 0.5) is 0 Å². The van der Waals surface area contributed by atoms with Crippen molar-refractivity contribution in [2.45, 2.75) is 59.2 Å². The van der Waals surface area contributed by atoms with Gasteiger partial charge in [0.15, 0.2) is 0 Å². The van der Waals surface area contributed by atoms with Gasteiger partial charge in [0, 0.05) is 12.6 Å². The average Bonchev–Trinajstić information content (AvgIpc) is 2.67. The van der Waals surface area contributed by atoms with Crippen molar-refractivity contribution in [3.05, 3.63) is 16.9 Å². The predicted molar refractivity (Wildman–Crippen MR) is 79.7 cm³/mol. The molecule has 0 aliphatic heterocycles. The van der Waals surface area contributed by atoms with Gasteiger partial charge in [0.2, 0.25) is 0 Å². The van der Waals surface area contributed by atoms with Gasteiger partial charge in [-0.15, -0.1) is 0 Å². The van der Waals surface area contributed by atoms with Crippen LogP contribution in [0.15, 0.2) is 6.20 Å². The van der Waals surface area contributed by atoms with Crippen molar-refractivity contribution in [2.75, 3.05) is 13.2 Å². The zero-order valence-electron chi connectivity index (χ0n) is 12.8. The SMILES string of the molecule is CCNC(c1c(Cl)cnn1C(C)C)C(C)(C)OCC.